The predicted octanol–water partition coefficient (Wildman–Crippen LogP) is 5.66. The molecule has 0 bridgehead atoms. The van der Waals surface area contributed by atoms with Gasteiger partial charge in [-0.1, -0.05) is 6.07 Å². The van der Waals surface area contributed by atoms with Gasteiger partial charge < -0.3 is 28.4 Å². The summed E-state index contributed by atoms with van der Waals surface area (Å²) < 4.78 is 23.5. The molecule has 40 heavy (non-hydrogen) atoms. The summed E-state index contributed by atoms with van der Waals surface area (Å²) >= 11 is 0. The number of furan rings is 1. The number of rotatable bonds is 7. The fraction of sp³-hybridized carbons (Fsp3) is 0.562. The summed E-state index contributed by atoms with van der Waals surface area (Å²) in [4.78, 5) is 30.7. The van der Waals surface area contributed by atoms with Crippen LogP contribution in [0.3, 0.4) is 0 Å². The number of ether oxygens (including phenoxy) is 3. The Hall–Kier alpha value is -3.42. The van der Waals surface area contributed by atoms with E-state index in [-0.39, 0.29) is 42.0 Å². The Bertz CT molecular complexity index is 1290. The summed E-state index contributed by atoms with van der Waals surface area (Å²) in [5, 5.41) is 0. The van der Waals surface area contributed by atoms with E-state index in [0.717, 1.165) is 55.7 Å². The average molecular weight is 549 g/mol. The standard InChI is InChI=1S/C32H40N2O6/c1-32(2,3)40-31(36)34(17-19-6-7-19)24-16-21-9-12-25(37-5)30-27(21)28-22(24)10-11-23(29(28)39-30)33(4)26(35)13-8-20-14-15-38-18-20/h8-9,12-15,18-19,22-24,28-29H,6-7,10-11,16-17H2,1-5H3/b13-8+/t22-,23+,24+,28?,29-/m0/s1. The maximum Gasteiger partial charge on any atom is 0.410 e. The summed E-state index contributed by atoms with van der Waals surface area (Å²) in [6, 6.07) is 5.83. The minimum atomic E-state index is -0.560. The first kappa shape index (κ1) is 26.8. The highest BCUT2D eigenvalue weighted by molar-refractivity contribution is 5.91. The van der Waals surface area contributed by atoms with Gasteiger partial charge in [0.25, 0.3) is 0 Å². The maximum atomic E-state index is 13.6. The van der Waals surface area contributed by atoms with E-state index in [1.165, 1.54) is 11.1 Å². The summed E-state index contributed by atoms with van der Waals surface area (Å²) in [6.07, 6.45) is 10.9. The molecule has 4 aliphatic rings. The van der Waals surface area contributed by atoms with E-state index in [4.69, 9.17) is 18.6 Å². The van der Waals surface area contributed by atoms with Crippen LogP contribution in [0.4, 0.5) is 4.79 Å². The normalized spacial score (nSPS) is 26.7. The van der Waals surface area contributed by atoms with Crippen molar-refractivity contribution in [1.29, 1.82) is 0 Å². The Morgan fingerprint density at radius 3 is 2.58 bits per heavy atom. The van der Waals surface area contributed by atoms with Crippen LogP contribution in [0.2, 0.25) is 0 Å². The van der Waals surface area contributed by atoms with Crippen LogP contribution < -0.4 is 9.47 Å². The molecule has 0 radical (unpaired) electrons. The summed E-state index contributed by atoms with van der Waals surface area (Å²) in [5.74, 6) is 2.25. The van der Waals surface area contributed by atoms with Gasteiger partial charge in [-0.05, 0) is 88.5 Å². The van der Waals surface area contributed by atoms with Crippen LogP contribution in [0.5, 0.6) is 11.5 Å². The van der Waals surface area contributed by atoms with Crippen molar-refractivity contribution < 1.29 is 28.2 Å². The second-order valence-electron chi connectivity index (χ2n) is 12.8. The fourth-order valence-corrected chi connectivity index (χ4v) is 6.93. The SMILES string of the molecule is COc1ccc2c3c1O[C@@H]1C3[C@@H](CC[C@H]1N(C)C(=O)/C=C/c1ccoc1)[C@H](N(CC1CC1)C(=O)OC(C)(C)C)C2. The zero-order valence-corrected chi connectivity index (χ0v) is 24.1. The molecule has 2 saturated carbocycles. The van der Waals surface area contributed by atoms with Crippen molar-refractivity contribution >= 4 is 18.1 Å². The van der Waals surface area contributed by atoms with Crippen LogP contribution in [-0.4, -0.2) is 66.3 Å². The summed E-state index contributed by atoms with van der Waals surface area (Å²) in [5.41, 5.74) is 2.68. The molecule has 1 unspecified atom stereocenters. The van der Waals surface area contributed by atoms with E-state index in [1.807, 2.05) is 49.8 Å². The Morgan fingerprint density at radius 2 is 1.90 bits per heavy atom. The molecule has 2 aromatic rings. The number of amides is 2. The van der Waals surface area contributed by atoms with Crippen LogP contribution in [0.25, 0.3) is 6.08 Å². The summed E-state index contributed by atoms with van der Waals surface area (Å²) in [6.45, 7) is 6.51. The van der Waals surface area contributed by atoms with Crippen LogP contribution in [0.15, 0.2) is 41.2 Å². The minimum absolute atomic E-state index is 0.0151. The number of nitrogens with zero attached hydrogens (tertiary/aromatic N) is 2. The van der Waals surface area contributed by atoms with Crippen molar-refractivity contribution in [3.63, 3.8) is 0 Å². The molecule has 5 atom stereocenters. The highest BCUT2D eigenvalue weighted by Crippen LogP contribution is 2.58. The second-order valence-corrected chi connectivity index (χ2v) is 12.8. The lowest BCUT2D eigenvalue weighted by Crippen LogP contribution is -2.58. The second kappa shape index (κ2) is 10.2. The molecule has 0 N–H and O–H groups in total. The van der Waals surface area contributed by atoms with Crippen molar-refractivity contribution in [3.8, 4) is 11.5 Å². The van der Waals surface area contributed by atoms with Crippen LogP contribution in [0.1, 0.15) is 69.1 Å². The highest BCUT2D eigenvalue weighted by Gasteiger charge is 2.56. The molecule has 0 saturated heterocycles. The monoisotopic (exact) mass is 548 g/mol. The lowest BCUT2D eigenvalue weighted by Gasteiger charge is -2.49. The molecule has 2 amide bonds. The van der Waals surface area contributed by atoms with E-state index >= 15 is 0 Å². The average Bonchev–Trinajstić information content (AvgIpc) is 3.41. The minimum Gasteiger partial charge on any atom is -0.493 e. The molecule has 1 aromatic carbocycles. The lowest BCUT2D eigenvalue weighted by atomic mass is 9.63. The Morgan fingerprint density at radius 1 is 1.10 bits per heavy atom. The maximum absolute atomic E-state index is 13.6. The molecule has 214 valence electrons. The van der Waals surface area contributed by atoms with Gasteiger partial charge in [0, 0.05) is 42.8 Å². The van der Waals surface area contributed by atoms with Crippen molar-refractivity contribution in [1.82, 2.24) is 9.80 Å². The van der Waals surface area contributed by atoms with Gasteiger partial charge in [-0.25, -0.2) is 4.79 Å². The van der Waals surface area contributed by atoms with Crippen molar-refractivity contribution in [3.05, 3.63) is 53.5 Å². The van der Waals surface area contributed by atoms with Gasteiger partial charge in [-0.2, -0.15) is 0 Å². The smallest absolute Gasteiger partial charge is 0.410 e. The van der Waals surface area contributed by atoms with Gasteiger partial charge in [-0.15, -0.1) is 0 Å². The van der Waals surface area contributed by atoms with Crippen LogP contribution in [0, 0.1) is 11.8 Å². The van der Waals surface area contributed by atoms with Crippen molar-refractivity contribution in [2.24, 2.45) is 11.8 Å². The molecule has 1 aliphatic heterocycles. The third-order valence-corrected chi connectivity index (χ3v) is 8.96. The predicted molar refractivity (Wildman–Crippen MR) is 150 cm³/mol. The third kappa shape index (κ3) is 4.97. The largest absolute Gasteiger partial charge is 0.493 e. The molecule has 2 fully saturated rings. The lowest BCUT2D eigenvalue weighted by molar-refractivity contribution is -0.130. The van der Waals surface area contributed by atoms with Gasteiger partial charge in [0.15, 0.2) is 11.5 Å². The molecule has 1 aromatic heterocycles. The number of methoxy groups -OCH3 is 1. The molecule has 3 aliphatic carbocycles. The quantitative estimate of drug-likeness (QED) is 0.416. The third-order valence-electron chi connectivity index (χ3n) is 8.96. The molecule has 2 heterocycles. The number of likely N-dealkylation sites (N-methyl/N-ethyl adjacent to an activating group) is 1. The molecule has 6 rings (SSSR count). The number of carbonyl (C=O) groups excluding carboxylic acids is 2. The van der Waals surface area contributed by atoms with E-state index in [9.17, 15) is 9.59 Å². The van der Waals surface area contributed by atoms with Gasteiger partial charge in [0.05, 0.1) is 25.7 Å². The van der Waals surface area contributed by atoms with Crippen molar-refractivity contribution in [2.45, 2.75) is 82.6 Å². The zero-order valence-electron chi connectivity index (χ0n) is 24.1. The first-order chi connectivity index (χ1) is 19.1. The first-order valence-corrected chi connectivity index (χ1v) is 14.5. The van der Waals surface area contributed by atoms with E-state index in [0.29, 0.717) is 5.92 Å². The molecule has 8 nitrogen and oxygen atoms in total. The van der Waals surface area contributed by atoms with Crippen molar-refractivity contribution in [2.75, 3.05) is 20.7 Å². The Balaban J connectivity index is 1.33. The first-order valence-electron chi connectivity index (χ1n) is 14.5. The Labute approximate surface area is 236 Å². The molecular weight excluding hydrogens is 508 g/mol. The number of carbonyl (C=O) groups is 2. The van der Waals surface area contributed by atoms with E-state index in [1.54, 1.807) is 31.8 Å². The Kier molecular flexibility index (Phi) is 6.83. The zero-order chi connectivity index (χ0) is 28.2. The van der Waals surface area contributed by atoms with E-state index < -0.39 is 5.60 Å². The number of hydrogen-bond acceptors (Lipinski definition) is 6. The van der Waals surface area contributed by atoms with Gasteiger partial charge >= 0.3 is 6.09 Å². The summed E-state index contributed by atoms with van der Waals surface area (Å²) in [7, 11) is 3.53. The highest BCUT2D eigenvalue weighted by atomic mass is 16.6. The van der Waals surface area contributed by atoms with Gasteiger partial charge in [-0.3, -0.25) is 4.79 Å². The van der Waals surface area contributed by atoms with Crippen LogP contribution >= 0.6 is 0 Å². The van der Waals surface area contributed by atoms with Crippen LogP contribution in [-0.2, 0) is 16.0 Å². The molecule has 8 heteroatoms. The topological polar surface area (TPSA) is 81.5 Å². The molecule has 0 spiro atoms. The molecular formula is C32H40N2O6. The number of hydrogen-bond donors (Lipinski definition) is 0. The van der Waals surface area contributed by atoms with E-state index in [2.05, 4.69) is 6.07 Å². The van der Waals surface area contributed by atoms with Gasteiger partial charge in [0.2, 0.25) is 5.91 Å². The fourth-order valence-electron chi connectivity index (χ4n) is 6.93. The number of benzene rings is 1. The van der Waals surface area contributed by atoms with Gasteiger partial charge in [0.1, 0.15) is 11.7 Å².